The van der Waals surface area contributed by atoms with Crippen LogP contribution in [-0.4, -0.2) is 36.0 Å². The molecule has 1 aromatic heterocycles. The zero-order valence-electron chi connectivity index (χ0n) is 16.7. The number of thioether (sulfide) groups is 1. The Hall–Kier alpha value is -3.98. The van der Waals surface area contributed by atoms with Crippen LogP contribution in [0.15, 0.2) is 95.7 Å². The smallest absolute Gasteiger partial charge is 0.347 e. The Morgan fingerprint density at radius 2 is 1.91 bits per heavy atom. The fourth-order valence-corrected chi connectivity index (χ4v) is 5.70. The summed E-state index contributed by atoms with van der Waals surface area (Å²) in [5.74, 6) is 0. The molecule has 0 fully saturated rings. The minimum Gasteiger partial charge on any atom is -0.417 e. The lowest BCUT2D eigenvalue weighted by Gasteiger charge is -2.26. The first-order valence-electron chi connectivity index (χ1n) is 9.81. The van der Waals surface area contributed by atoms with Crippen LogP contribution in [0, 0.1) is 15.3 Å². The van der Waals surface area contributed by atoms with Crippen LogP contribution in [0.25, 0.3) is 0 Å². The Morgan fingerprint density at radius 1 is 1.09 bits per heavy atom. The molecule has 2 heterocycles. The van der Waals surface area contributed by atoms with Crippen LogP contribution < -0.4 is 0 Å². The lowest BCUT2D eigenvalue weighted by Crippen LogP contribution is -2.44. The molecule has 5 rings (SSSR count). The average Bonchev–Trinajstić information content (AvgIpc) is 2.93. The molecule has 0 amide bonds. The minimum atomic E-state index is -1.33. The van der Waals surface area contributed by atoms with Crippen molar-refractivity contribution in [2.24, 2.45) is 0 Å². The summed E-state index contributed by atoms with van der Waals surface area (Å²) in [5, 5.41) is 33.9. The highest BCUT2D eigenvalue weighted by Crippen LogP contribution is 2.55. The third-order valence-corrected chi connectivity index (χ3v) is 7.00. The largest absolute Gasteiger partial charge is 0.417 e. The van der Waals surface area contributed by atoms with E-state index in [1.165, 1.54) is 18.0 Å². The Morgan fingerprint density at radius 3 is 2.66 bits per heavy atom. The number of benzene rings is 1. The number of rotatable bonds is 3. The number of allylic oxidation sites excluding steroid dienone is 7. The summed E-state index contributed by atoms with van der Waals surface area (Å²) < 4.78 is 1.95. The zero-order valence-corrected chi connectivity index (χ0v) is 17.5. The molecule has 32 heavy (non-hydrogen) atoms. The first kappa shape index (κ1) is 20.0. The average molecular weight is 445 g/mol. The summed E-state index contributed by atoms with van der Waals surface area (Å²) in [7, 11) is 0. The van der Waals surface area contributed by atoms with Crippen LogP contribution in [0.4, 0.5) is 0 Å². The van der Waals surface area contributed by atoms with Gasteiger partial charge in [-0.25, -0.2) is 0 Å². The van der Waals surface area contributed by atoms with Gasteiger partial charge in [-0.1, -0.05) is 48.6 Å². The zero-order chi connectivity index (χ0) is 22.3. The van der Waals surface area contributed by atoms with Crippen molar-refractivity contribution in [2.75, 3.05) is 0 Å². The molecule has 158 valence electrons. The van der Waals surface area contributed by atoms with Gasteiger partial charge in [0.25, 0.3) is 5.71 Å². The Bertz CT molecular complexity index is 1320. The van der Waals surface area contributed by atoms with Gasteiger partial charge in [-0.15, -0.1) is 0 Å². The normalized spacial score (nSPS) is 22.8. The van der Waals surface area contributed by atoms with Gasteiger partial charge in [0, 0.05) is 22.7 Å². The fourth-order valence-electron chi connectivity index (χ4n) is 4.19. The SMILES string of the molecule is O=[N+]([O-])C1=CC(=[N+]([O-])O)c2cccnc2C12SC1=CC=CC=CC1=[N+]2Cc1ccccc1. The Labute approximate surface area is 187 Å². The Kier molecular flexibility index (Phi) is 4.75. The molecular weight excluding hydrogens is 428 g/mol. The summed E-state index contributed by atoms with van der Waals surface area (Å²) in [6.07, 6.45) is 12.2. The molecule has 0 bridgehead atoms. The van der Waals surface area contributed by atoms with E-state index in [4.69, 9.17) is 0 Å². The highest BCUT2D eigenvalue weighted by molar-refractivity contribution is 8.05. The van der Waals surface area contributed by atoms with E-state index in [1.807, 2.05) is 65.3 Å². The van der Waals surface area contributed by atoms with Gasteiger partial charge < -0.3 is 5.21 Å². The first-order chi connectivity index (χ1) is 15.5. The summed E-state index contributed by atoms with van der Waals surface area (Å²) in [4.78, 5) is 15.5. The van der Waals surface area contributed by atoms with Gasteiger partial charge in [-0.3, -0.25) is 20.3 Å². The molecule has 1 atom stereocenters. The maximum Gasteiger partial charge on any atom is 0.347 e. The van der Waals surface area contributed by atoms with E-state index in [9.17, 15) is 20.5 Å². The predicted molar refractivity (Wildman–Crippen MR) is 120 cm³/mol. The number of pyridine rings is 1. The third kappa shape index (κ3) is 2.97. The van der Waals surface area contributed by atoms with Crippen molar-refractivity contribution in [2.45, 2.75) is 11.4 Å². The van der Waals surface area contributed by atoms with Crippen molar-refractivity contribution in [3.63, 3.8) is 0 Å². The molecule has 2 aromatic rings. The van der Waals surface area contributed by atoms with Crippen LogP contribution >= 0.6 is 11.8 Å². The second-order valence-corrected chi connectivity index (χ2v) is 8.56. The molecular formula is C23H17N4O4S+. The second-order valence-electron chi connectivity index (χ2n) is 7.32. The topological polar surface area (TPSA) is 105 Å². The van der Waals surface area contributed by atoms with Gasteiger partial charge in [-0.05, 0) is 30.0 Å². The summed E-state index contributed by atoms with van der Waals surface area (Å²) >= 11 is 1.31. The summed E-state index contributed by atoms with van der Waals surface area (Å²) in [6.45, 7) is 0.377. The number of hydrogen-bond donors (Lipinski definition) is 1. The molecule has 0 radical (unpaired) electrons. The summed E-state index contributed by atoms with van der Waals surface area (Å²) in [5.41, 5.74) is 2.01. The van der Waals surface area contributed by atoms with Gasteiger partial charge in [-0.2, -0.15) is 4.58 Å². The molecule has 1 aliphatic heterocycles. The van der Waals surface area contributed by atoms with E-state index in [0.29, 0.717) is 17.8 Å². The van der Waals surface area contributed by atoms with Crippen LogP contribution in [0.5, 0.6) is 0 Å². The van der Waals surface area contributed by atoms with Crippen LogP contribution in [-0.2, 0) is 11.4 Å². The van der Waals surface area contributed by atoms with E-state index >= 15 is 0 Å². The van der Waals surface area contributed by atoms with E-state index in [0.717, 1.165) is 22.3 Å². The molecule has 9 heteroatoms. The van der Waals surface area contributed by atoms with Gasteiger partial charge in [0.05, 0.1) is 21.5 Å². The van der Waals surface area contributed by atoms with Crippen molar-refractivity contribution in [1.29, 1.82) is 0 Å². The molecule has 1 N–H and O–H groups in total. The van der Waals surface area contributed by atoms with Gasteiger partial charge in [0.15, 0.2) is 6.54 Å². The number of nitrogens with zero attached hydrogens (tertiary/aromatic N) is 4. The lowest BCUT2D eigenvalue weighted by atomic mass is 9.92. The van der Waals surface area contributed by atoms with Crippen LogP contribution in [0.2, 0.25) is 0 Å². The van der Waals surface area contributed by atoms with Crippen LogP contribution in [0.1, 0.15) is 16.8 Å². The van der Waals surface area contributed by atoms with Crippen molar-refractivity contribution < 1.29 is 19.6 Å². The van der Waals surface area contributed by atoms with Gasteiger partial charge in [0.2, 0.25) is 5.71 Å². The molecule has 1 aromatic carbocycles. The van der Waals surface area contributed by atoms with Crippen molar-refractivity contribution in [1.82, 2.24) is 4.98 Å². The Balaban J connectivity index is 1.85. The first-order valence-corrected chi connectivity index (χ1v) is 10.6. The maximum atomic E-state index is 12.4. The highest BCUT2D eigenvalue weighted by atomic mass is 32.2. The van der Waals surface area contributed by atoms with Crippen molar-refractivity contribution in [3.05, 3.63) is 128 Å². The monoisotopic (exact) mass is 445 g/mol. The summed E-state index contributed by atoms with van der Waals surface area (Å²) in [6, 6.07) is 12.9. The molecule has 1 unspecified atom stereocenters. The fraction of sp³-hybridized carbons (Fsp3) is 0.0870. The van der Waals surface area contributed by atoms with E-state index < -0.39 is 9.79 Å². The molecule has 0 saturated carbocycles. The number of hydrogen-bond acceptors (Lipinski definition) is 6. The van der Waals surface area contributed by atoms with E-state index in [2.05, 4.69) is 4.98 Å². The highest BCUT2D eigenvalue weighted by Gasteiger charge is 2.66. The van der Waals surface area contributed by atoms with Gasteiger partial charge in [0.1, 0.15) is 5.69 Å². The van der Waals surface area contributed by atoms with Crippen LogP contribution in [0.3, 0.4) is 0 Å². The lowest BCUT2D eigenvalue weighted by molar-refractivity contribution is -0.725. The second kappa shape index (κ2) is 7.61. The third-order valence-electron chi connectivity index (χ3n) is 5.52. The predicted octanol–water partition coefficient (Wildman–Crippen LogP) is 3.51. The van der Waals surface area contributed by atoms with Crippen molar-refractivity contribution >= 4 is 23.2 Å². The number of nitro groups is 1. The molecule has 3 aliphatic rings. The minimum absolute atomic E-state index is 0.216. The molecule has 8 nitrogen and oxygen atoms in total. The number of aromatic nitrogens is 1. The number of fused-ring (bicyclic) bond motifs is 3. The molecule has 1 spiro atoms. The molecule has 2 aliphatic carbocycles. The molecule has 0 saturated heterocycles. The standard InChI is InChI=1S/C23H17N4O4S/c28-26(29)19-14-21(27(30)31)23(22-17(19)10-7-13-24-22)25(15-16-8-3-1-4-9-16)18-11-5-2-6-12-20(18)32-23/h1-14H,15H2,(H,28,29)/q+1. The van der Waals surface area contributed by atoms with Gasteiger partial charge >= 0.3 is 10.6 Å². The van der Waals surface area contributed by atoms with E-state index in [1.54, 1.807) is 12.1 Å². The van der Waals surface area contributed by atoms with Crippen molar-refractivity contribution in [3.8, 4) is 0 Å². The maximum absolute atomic E-state index is 12.4. The quantitative estimate of drug-likeness (QED) is 0.255. The van der Waals surface area contributed by atoms with E-state index in [-0.39, 0.29) is 16.3 Å².